The Hall–Kier alpha value is -0.240. The fourth-order valence-corrected chi connectivity index (χ4v) is 7.92. The second-order valence-corrected chi connectivity index (χ2v) is 18.2. The van der Waals surface area contributed by atoms with Crippen LogP contribution in [0.5, 0.6) is 0 Å². The van der Waals surface area contributed by atoms with Crippen molar-refractivity contribution in [3.8, 4) is 0 Å². The van der Waals surface area contributed by atoms with E-state index in [1.165, 1.54) is 250 Å². The van der Waals surface area contributed by atoms with Crippen LogP contribution < -0.4 is 44.9 Å². The van der Waals surface area contributed by atoms with E-state index in [0.29, 0.717) is 0 Å². The maximum absolute atomic E-state index is 10.2. The van der Waals surface area contributed by atoms with Crippen molar-refractivity contribution in [3.05, 3.63) is 0 Å². The number of carbonyl (C=O) groups excluding carboxylic acids is 3. The van der Waals surface area contributed by atoms with Crippen LogP contribution in [0, 0.1) is 0 Å². The Balaban J connectivity index is -0.000000258. The van der Waals surface area contributed by atoms with Gasteiger partial charge in [0, 0.05) is 17.9 Å². The van der Waals surface area contributed by atoms with Crippen LogP contribution in [-0.2, 0) is 27.9 Å². The Morgan fingerprint density at radius 1 is 0.226 bits per heavy atom. The van der Waals surface area contributed by atoms with Gasteiger partial charge in [0.15, 0.2) is 0 Å². The summed E-state index contributed by atoms with van der Waals surface area (Å²) in [5.74, 6) is -2.71. The Bertz CT molecular complexity index is 724. The molecule has 364 valence electrons. The number of aliphatic carboxylic acids is 3. The second-order valence-electron chi connectivity index (χ2n) is 18.2. The first-order valence-corrected chi connectivity index (χ1v) is 26.9. The molecular weight excluding hydrogens is 800 g/mol. The van der Waals surface area contributed by atoms with E-state index >= 15 is 0 Å². The average molecular weight is 905 g/mol. The van der Waals surface area contributed by atoms with E-state index in [1.807, 2.05) is 0 Å². The van der Waals surface area contributed by atoms with E-state index in [0.717, 1.165) is 38.5 Å². The smallest absolute Gasteiger partial charge is 0.550 e. The zero-order valence-corrected chi connectivity index (χ0v) is 45.1. The molecule has 0 amide bonds. The molecule has 0 heterocycles. The van der Waals surface area contributed by atoms with Crippen molar-refractivity contribution < 1.29 is 59.3 Å². The number of hydrogen-bond acceptors (Lipinski definition) is 6. The van der Waals surface area contributed by atoms with Gasteiger partial charge in [0.1, 0.15) is 0 Å². The number of unbranched alkanes of at least 4 members (excludes halogenated alkanes) is 42. The normalized spacial score (nSPS) is 10.5. The van der Waals surface area contributed by atoms with Gasteiger partial charge in [0.25, 0.3) is 0 Å². The third-order valence-corrected chi connectivity index (χ3v) is 12.0. The summed E-state index contributed by atoms with van der Waals surface area (Å²) in [6, 6.07) is 0. The molecule has 0 aliphatic rings. The largest absolute Gasteiger partial charge is 2.00 e. The van der Waals surface area contributed by atoms with Gasteiger partial charge >= 0.3 is 43.1 Å². The predicted octanol–water partition coefficient (Wildman–Crippen LogP) is 12.0. The monoisotopic (exact) mass is 905 g/mol. The molecule has 6 nitrogen and oxygen atoms in total. The molecule has 0 saturated heterocycles. The van der Waals surface area contributed by atoms with Crippen LogP contribution in [0.15, 0.2) is 0 Å². The Morgan fingerprint density at radius 3 is 0.419 bits per heavy atom. The van der Waals surface area contributed by atoms with Gasteiger partial charge in [0.05, 0.1) is 0 Å². The molecule has 8 heteroatoms. The molecule has 62 heavy (non-hydrogen) atoms. The molecule has 4 radical (unpaired) electrons. The van der Waals surface area contributed by atoms with Crippen LogP contribution in [0.3, 0.4) is 0 Å². The fourth-order valence-electron chi connectivity index (χ4n) is 7.92. The van der Waals surface area contributed by atoms with Gasteiger partial charge in [-0.05, 0) is 38.5 Å². The molecule has 0 saturated carbocycles. The maximum Gasteiger partial charge on any atom is 2.00 e. The van der Waals surface area contributed by atoms with E-state index in [1.54, 1.807) is 0 Å². The zero-order chi connectivity index (χ0) is 44.7. The van der Waals surface area contributed by atoms with Crippen LogP contribution in [0.25, 0.3) is 0 Å². The van der Waals surface area contributed by atoms with Crippen molar-refractivity contribution in [1.29, 1.82) is 0 Å². The molecule has 0 fully saturated rings. The topological polar surface area (TPSA) is 120 Å². The van der Waals surface area contributed by atoms with Gasteiger partial charge in [-0.2, -0.15) is 0 Å². The van der Waals surface area contributed by atoms with Crippen molar-refractivity contribution in [1.82, 2.24) is 0 Å². The maximum atomic E-state index is 10.2. The van der Waals surface area contributed by atoms with Crippen molar-refractivity contribution in [2.24, 2.45) is 0 Å². The SMILES string of the molecule is CCCCCCCCCCCCCCCCCC(=O)[O-].CCCCCCCCCCCCCCCCCC(=O)[O-].CCCCCCCCCCCCCCCCCC(=O)[O-].[Na+].[S+2]. The molecule has 0 N–H and O–H groups in total. The van der Waals surface area contributed by atoms with Crippen LogP contribution in [0.2, 0.25) is 0 Å². The van der Waals surface area contributed by atoms with Gasteiger partial charge in [-0.3, -0.25) is 0 Å². The third-order valence-electron chi connectivity index (χ3n) is 12.0. The molecule has 0 aliphatic carbocycles. The van der Waals surface area contributed by atoms with Gasteiger partial charge < -0.3 is 29.7 Å². The fraction of sp³-hybridized carbons (Fsp3) is 0.944. The van der Waals surface area contributed by atoms with E-state index in [2.05, 4.69) is 20.8 Å². The third kappa shape index (κ3) is 80.1. The number of carboxylic acid groups (broad SMARTS) is 3. The van der Waals surface area contributed by atoms with Gasteiger partial charge in [-0.1, -0.05) is 290 Å². The standard InChI is InChI=1S/3C18H36O2.Na.S/c3*1-2-3-4-5-6-7-8-9-10-11-12-13-14-15-16-17-18(19)20;;/h3*2-17H2,1H3,(H,19,20);;/q;;;+1;+2/p-3. The zero-order valence-electron chi connectivity index (χ0n) is 42.3. The summed E-state index contributed by atoms with van der Waals surface area (Å²) in [7, 11) is 0. The number of hydrogen-bond donors (Lipinski definition) is 0. The minimum Gasteiger partial charge on any atom is -0.550 e. The van der Waals surface area contributed by atoms with Gasteiger partial charge in [0.2, 0.25) is 0 Å². The van der Waals surface area contributed by atoms with Crippen LogP contribution >= 0.6 is 0 Å². The predicted molar refractivity (Wildman–Crippen MR) is 261 cm³/mol. The quantitative estimate of drug-likeness (QED) is 0.0443. The van der Waals surface area contributed by atoms with E-state index in [-0.39, 0.29) is 62.3 Å². The summed E-state index contributed by atoms with van der Waals surface area (Å²) in [6.07, 6.45) is 59.6. The average Bonchev–Trinajstić information content (AvgIpc) is 3.22. The van der Waals surface area contributed by atoms with Crippen molar-refractivity contribution in [3.63, 3.8) is 0 Å². The summed E-state index contributed by atoms with van der Waals surface area (Å²) in [5.41, 5.74) is 0. The van der Waals surface area contributed by atoms with Crippen molar-refractivity contribution in [2.45, 2.75) is 329 Å². The number of rotatable bonds is 48. The molecular formula is C54H105NaO6S. The first-order valence-electron chi connectivity index (χ1n) is 26.9. The molecule has 0 aliphatic heterocycles. The molecule has 0 rings (SSSR count). The molecule has 0 unspecified atom stereocenters. The molecule has 0 atom stereocenters. The number of carboxylic acids is 3. The Kier molecular flexibility index (Phi) is 76.9. The molecule has 0 aromatic carbocycles. The van der Waals surface area contributed by atoms with Crippen molar-refractivity contribution >= 4 is 31.4 Å². The molecule has 0 aromatic heterocycles. The molecule has 0 aromatic rings. The first kappa shape index (κ1) is 70.8. The van der Waals surface area contributed by atoms with E-state index in [9.17, 15) is 29.7 Å². The summed E-state index contributed by atoms with van der Waals surface area (Å²) in [6.45, 7) is 6.80. The molecule has 0 bridgehead atoms. The first-order chi connectivity index (χ1) is 29.3. The van der Waals surface area contributed by atoms with E-state index in [4.69, 9.17) is 0 Å². The summed E-state index contributed by atoms with van der Waals surface area (Å²) in [4.78, 5) is 30.7. The van der Waals surface area contributed by atoms with Gasteiger partial charge in [-0.25, -0.2) is 0 Å². The minimum absolute atomic E-state index is 0. The van der Waals surface area contributed by atoms with Crippen LogP contribution in [-0.4, -0.2) is 17.9 Å². The van der Waals surface area contributed by atoms with Crippen LogP contribution in [0.4, 0.5) is 0 Å². The summed E-state index contributed by atoms with van der Waals surface area (Å²) < 4.78 is 0. The minimum atomic E-state index is -0.903. The number of carbonyl (C=O) groups is 3. The second kappa shape index (κ2) is 67.4. The Labute approximate surface area is 417 Å². The summed E-state index contributed by atoms with van der Waals surface area (Å²) >= 11 is 0. The Morgan fingerprint density at radius 2 is 0.323 bits per heavy atom. The summed E-state index contributed by atoms with van der Waals surface area (Å²) in [5, 5.41) is 30.7. The van der Waals surface area contributed by atoms with Gasteiger partial charge in [-0.15, -0.1) is 0 Å². The van der Waals surface area contributed by atoms with Crippen molar-refractivity contribution in [2.75, 3.05) is 0 Å². The van der Waals surface area contributed by atoms with E-state index < -0.39 is 17.9 Å². The molecule has 0 spiro atoms. The van der Waals surface area contributed by atoms with Crippen LogP contribution in [0.1, 0.15) is 329 Å².